The lowest BCUT2D eigenvalue weighted by Crippen LogP contribution is -2.43. The molecular formula is C28H26ClN7OS. The Morgan fingerprint density at radius 3 is 2.58 bits per heavy atom. The van der Waals surface area contributed by atoms with Crippen LogP contribution in [0.5, 0.6) is 0 Å². The van der Waals surface area contributed by atoms with Crippen molar-refractivity contribution in [2.45, 2.75) is 13.5 Å². The monoisotopic (exact) mass is 543 g/mol. The minimum Gasteiger partial charge on any atom is -0.369 e. The van der Waals surface area contributed by atoms with Gasteiger partial charge in [-0.2, -0.15) is 4.98 Å². The smallest absolute Gasteiger partial charge is 0.260 e. The van der Waals surface area contributed by atoms with Crippen LogP contribution in [-0.4, -0.2) is 45.7 Å². The van der Waals surface area contributed by atoms with E-state index in [1.165, 1.54) is 17.0 Å². The SMILES string of the molecule is CCn1c(=O)c(-c2ccc(-c3cscn3)cc2Cl)cc2cnc(Nc3ccc(N4CCNCC4)cc3)nc21. The quantitative estimate of drug-likeness (QED) is 0.296. The van der Waals surface area contributed by atoms with Gasteiger partial charge < -0.3 is 15.5 Å². The van der Waals surface area contributed by atoms with Crippen LogP contribution in [0.2, 0.25) is 5.02 Å². The van der Waals surface area contributed by atoms with E-state index < -0.39 is 0 Å². The highest BCUT2D eigenvalue weighted by Crippen LogP contribution is 2.32. The van der Waals surface area contributed by atoms with Crippen LogP contribution in [0.25, 0.3) is 33.4 Å². The first kappa shape index (κ1) is 24.5. The zero-order chi connectivity index (χ0) is 26.1. The van der Waals surface area contributed by atoms with E-state index in [2.05, 4.69) is 37.6 Å². The first-order valence-corrected chi connectivity index (χ1v) is 13.8. The molecule has 2 N–H and O–H groups in total. The lowest BCUT2D eigenvalue weighted by Gasteiger charge is -2.29. The van der Waals surface area contributed by atoms with Gasteiger partial charge in [-0.15, -0.1) is 11.3 Å². The Labute approximate surface area is 229 Å². The highest BCUT2D eigenvalue weighted by atomic mass is 35.5. The third-order valence-corrected chi connectivity index (χ3v) is 7.64. The number of benzene rings is 2. The average molecular weight is 544 g/mol. The number of rotatable bonds is 6. The lowest BCUT2D eigenvalue weighted by molar-refractivity contribution is 0.589. The van der Waals surface area contributed by atoms with E-state index in [1.54, 1.807) is 16.3 Å². The van der Waals surface area contributed by atoms with Crippen molar-refractivity contribution >= 4 is 51.3 Å². The van der Waals surface area contributed by atoms with E-state index in [-0.39, 0.29) is 5.56 Å². The Balaban J connectivity index is 1.31. The van der Waals surface area contributed by atoms with Crippen LogP contribution in [-0.2, 0) is 6.54 Å². The Morgan fingerprint density at radius 2 is 1.87 bits per heavy atom. The van der Waals surface area contributed by atoms with Gasteiger partial charge in [0.15, 0.2) is 0 Å². The Kier molecular flexibility index (Phi) is 6.80. The molecule has 0 unspecified atom stereocenters. The number of pyridine rings is 1. The fraction of sp³-hybridized carbons (Fsp3) is 0.214. The summed E-state index contributed by atoms with van der Waals surface area (Å²) >= 11 is 8.18. The molecule has 1 saturated heterocycles. The molecule has 0 bridgehead atoms. The summed E-state index contributed by atoms with van der Waals surface area (Å²) in [6.07, 6.45) is 1.74. The van der Waals surface area contributed by atoms with Crippen molar-refractivity contribution in [2.24, 2.45) is 0 Å². The maximum atomic E-state index is 13.5. The second-order valence-corrected chi connectivity index (χ2v) is 10.2. The number of anilines is 3. The van der Waals surface area contributed by atoms with E-state index in [0.29, 0.717) is 34.3 Å². The molecule has 0 spiro atoms. The van der Waals surface area contributed by atoms with Crippen LogP contribution in [0.3, 0.4) is 0 Å². The van der Waals surface area contributed by atoms with Crippen LogP contribution in [0, 0.1) is 0 Å². The van der Waals surface area contributed by atoms with E-state index in [4.69, 9.17) is 16.6 Å². The number of fused-ring (bicyclic) bond motifs is 1. The second kappa shape index (κ2) is 10.5. The first-order valence-electron chi connectivity index (χ1n) is 12.5. The first-order chi connectivity index (χ1) is 18.6. The molecule has 10 heteroatoms. The maximum absolute atomic E-state index is 13.5. The fourth-order valence-corrected chi connectivity index (χ4v) is 5.60. The molecule has 0 radical (unpaired) electrons. The third kappa shape index (κ3) is 4.76. The summed E-state index contributed by atoms with van der Waals surface area (Å²) in [5.74, 6) is 0.437. The summed E-state index contributed by atoms with van der Waals surface area (Å²) in [6, 6.07) is 15.7. The zero-order valence-electron chi connectivity index (χ0n) is 20.8. The molecule has 192 valence electrons. The van der Waals surface area contributed by atoms with Crippen molar-refractivity contribution in [3.05, 3.63) is 81.0 Å². The Bertz CT molecular complexity index is 1650. The van der Waals surface area contributed by atoms with Gasteiger partial charge in [0.25, 0.3) is 5.56 Å². The number of nitrogens with one attached hydrogen (secondary N) is 2. The molecule has 4 heterocycles. The van der Waals surface area contributed by atoms with Crippen LogP contribution >= 0.6 is 22.9 Å². The summed E-state index contributed by atoms with van der Waals surface area (Å²) in [4.78, 5) is 29.5. The van der Waals surface area contributed by atoms with Crippen molar-refractivity contribution in [3.63, 3.8) is 0 Å². The predicted molar refractivity (Wildman–Crippen MR) is 156 cm³/mol. The van der Waals surface area contributed by atoms with Gasteiger partial charge in [-0.3, -0.25) is 9.36 Å². The molecule has 0 saturated carbocycles. The minimum absolute atomic E-state index is 0.145. The van der Waals surface area contributed by atoms with Gasteiger partial charge in [0.1, 0.15) is 5.65 Å². The van der Waals surface area contributed by atoms with E-state index in [0.717, 1.165) is 48.5 Å². The number of hydrogen-bond donors (Lipinski definition) is 2. The minimum atomic E-state index is -0.145. The fourth-order valence-electron chi connectivity index (χ4n) is 4.76. The standard InChI is InChI=1S/C28H26ClN7OS/c1-2-36-26-19(13-23(27(36)37)22-8-3-18(14-24(22)29)25-16-38-17-32-25)15-31-28(34-26)33-20-4-6-21(7-5-20)35-11-9-30-10-12-35/h3-8,13-17,30H,2,9-12H2,1H3,(H,31,33,34). The molecule has 0 atom stereocenters. The van der Waals surface area contributed by atoms with Crippen molar-refractivity contribution in [2.75, 3.05) is 36.4 Å². The number of nitrogens with zero attached hydrogens (tertiary/aromatic N) is 5. The van der Waals surface area contributed by atoms with E-state index >= 15 is 0 Å². The molecule has 5 aromatic rings. The molecule has 3 aromatic heterocycles. The van der Waals surface area contributed by atoms with Gasteiger partial charge in [0, 0.05) is 82.8 Å². The van der Waals surface area contributed by atoms with Gasteiger partial charge in [-0.25, -0.2) is 9.97 Å². The van der Waals surface area contributed by atoms with E-state index in [1.807, 2.05) is 48.7 Å². The molecule has 0 amide bonds. The highest BCUT2D eigenvalue weighted by Gasteiger charge is 2.16. The topological polar surface area (TPSA) is 88.0 Å². The molecule has 6 rings (SSSR count). The molecule has 2 aromatic carbocycles. The lowest BCUT2D eigenvalue weighted by atomic mass is 10.0. The molecule has 38 heavy (non-hydrogen) atoms. The maximum Gasteiger partial charge on any atom is 0.260 e. The highest BCUT2D eigenvalue weighted by molar-refractivity contribution is 7.07. The second-order valence-electron chi connectivity index (χ2n) is 9.06. The summed E-state index contributed by atoms with van der Waals surface area (Å²) in [5, 5.41) is 9.88. The molecule has 0 aliphatic carbocycles. The number of aryl methyl sites for hydroxylation is 1. The van der Waals surface area contributed by atoms with Crippen molar-refractivity contribution in [1.29, 1.82) is 0 Å². The number of halogens is 1. The largest absolute Gasteiger partial charge is 0.369 e. The molecule has 1 fully saturated rings. The van der Waals surface area contributed by atoms with Gasteiger partial charge in [-0.1, -0.05) is 23.7 Å². The summed E-state index contributed by atoms with van der Waals surface area (Å²) < 4.78 is 1.66. The van der Waals surface area contributed by atoms with Crippen LogP contribution in [0.1, 0.15) is 6.92 Å². The zero-order valence-corrected chi connectivity index (χ0v) is 22.4. The van der Waals surface area contributed by atoms with Crippen LogP contribution in [0.4, 0.5) is 17.3 Å². The van der Waals surface area contributed by atoms with Crippen molar-refractivity contribution in [1.82, 2.24) is 24.8 Å². The van der Waals surface area contributed by atoms with Crippen molar-refractivity contribution < 1.29 is 0 Å². The predicted octanol–water partition coefficient (Wildman–Crippen LogP) is 5.41. The number of thiazole rings is 1. The average Bonchev–Trinajstić information content (AvgIpc) is 3.49. The van der Waals surface area contributed by atoms with Gasteiger partial charge in [0.2, 0.25) is 5.95 Å². The normalized spacial score (nSPS) is 13.7. The molecule has 1 aliphatic heterocycles. The van der Waals surface area contributed by atoms with E-state index in [9.17, 15) is 4.79 Å². The van der Waals surface area contributed by atoms with Crippen LogP contribution < -0.4 is 21.1 Å². The molecular weight excluding hydrogens is 518 g/mol. The molecule has 1 aliphatic rings. The summed E-state index contributed by atoms with van der Waals surface area (Å²) in [5.41, 5.74) is 7.26. The molecule has 8 nitrogen and oxygen atoms in total. The third-order valence-electron chi connectivity index (χ3n) is 6.74. The van der Waals surface area contributed by atoms with Gasteiger partial charge in [0.05, 0.1) is 11.2 Å². The Hall–Kier alpha value is -3.79. The van der Waals surface area contributed by atoms with Gasteiger partial charge in [-0.05, 0) is 43.3 Å². The van der Waals surface area contributed by atoms with Gasteiger partial charge >= 0.3 is 0 Å². The number of aromatic nitrogens is 4. The van der Waals surface area contributed by atoms with Crippen molar-refractivity contribution in [3.8, 4) is 22.4 Å². The number of hydrogen-bond acceptors (Lipinski definition) is 8. The van der Waals surface area contributed by atoms with Crippen LogP contribution in [0.15, 0.2) is 70.4 Å². The Morgan fingerprint density at radius 1 is 1.05 bits per heavy atom. The number of piperazine rings is 1. The summed E-state index contributed by atoms with van der Waals surface area (Å²) in [6.45, 7) is 6.39. The summed E-state index contributed by atoms with van der Waals surface area (Å²) in [7, 11) is 0.